The third kappa shape index (κ3) is 3.07. The number of rotatable bonds is 5. The van der Waals surface area contributed by atoms with E-state index in [9.17, 15) is 9.59 Å². The van der Waals surface area contributed by atoms with Crippen molar-refractivity contribution < 1.29 is 9.59 Å². The SMILES string of the molecule is CCC(C)(C)CNC1CC(=O)N(c2ccccc2)C1=O. The summed E-state index contributed by atoms with van der Waals surface area (Å²) in [4.78, 5) is 25.7. The van der Waals surface area contributed by atoms with Crippen molar-refractivity contribution >= 4 is 17.5 Å². The van der Waals surface area contributed by atoms with Gasteiger partial charge in [0, 0.05) is 6.54 Å². The lowest BCUT2D eigenvalue weighted by atomic mass is 9.90. The Morgan fingerprint density at radius 3 is 2.50 bits per heavy atom. The van der Waals surface area contributed by atoms with E-state index in [2.05, 4.69) is 26.1 Å². The Morgan fingerprint density at radius 2 is 1.90 bits per heavy atom. The summed E-state index contributed by atoms with van der Waals surface area (Å²) in [7, 11) is 0. The predicted molar refractivity (Wildman–Crippen MR) is 79.4 cm³/mol. The van der Waals surface area contributed by atoms with Crippen LogP contribution in [0.2, 0.25) is 0 Å². The van der Waals surface area contributed by atoms with Crippen molar-refractivity contribution in [2.45, 2.75) is 39.7 Å². The van der Waals surface area contributed by atoms with Crippen LogP contribution in [0.5, 0.6) is 0 Å². The topological polar surface area (TPSA) is 49.4 Å². The van der Waals surface area contributed by atoms with Crippen LogP contribution in [0.15, 0.2) is 30.3 Å². The zero-order valence-electron chi connectivity index (χ0n) is 12.3. The van der Waals surface area contributed by atoms with E-state index in [0.29, 0.717) is 5.69 Å². The first kappa shape index (κ1) is 14.7. The Morgan fingerprint density at radius 1 is 1.25 bits per heavy atom. The van der Waals surface area contributed by atoms with Crippen LogP contribution in [0, 0.1) is 5.41 Å². The second-order valence-electron chi connectivity index (χ2n) is 6.06. The Labute approximate surface area is 120 Å². The van der Waals surface area contributed by atoms with Crippen LogP contribution in [0.1, 0.15) is 33.6 Å². The zero-order chi connectivity index (χ0) is 14.8. The van der Waals surface area contributed by atoms with Gasteiger partial charge in [0.1, 0.15) is 0 Å². The summed E-state index contributed by atoms with van der Waals surface area (Å²) in [5.41, 5.74) is 0.783. The van der Waals surface area contributed by atoms with E-state index < -0.39 is 6.04 Å². The number of carbonyl (C=O) groups is 2. The quantitative estimate of drug-likeness (QED) is 0.838. The molecule has 1 aliphatic heterocycles. The smallest absolute Gasteiger partial charge is 0.251 e. The predicted octanol–water partition coefficient (Wildman–Crippen LogP) is 2.34. The van der Waals surface area contributed by atoms with Gasteiger partial charge in [-0.25, -0.2) is 4.90 Å². The molecule has 0 saturated carbocycles. The van der Waals surface area contributed by atoms with Gasteiger partial charge in [-0.3, -0.25) is 9.59 Å². The summed E-state index contributed by atoms with van der Waals surface area (Å²) < 4.78 is 0. The monoisotopic (exact) mass is 274 g/mol. The van der Waals surface area contributed by atoms with Gasteiger partial charge in [-0.2, -0.15) is 0 Å². The van der Waals surface area contributed by atoms with Gasteiger partial charge >= 0.3 is 0 Å². The summed E-state index contributed by atoms with van der Waals surface area (Å²) in [6.45, 7) is 7.15. The van der Waals surface area contributed by atoms with E-state index >= 15 is 0 Å². The lowest BCUT2D eigenvalue weighted by Gasteiger charge is -2.24. The third-order valence-corrected chi connectivity index (χ3v) is 3.95. The molecule has 20 heavy (non-hydrogen) atoms. The molecule has 1 aromatic rings. The lowest BCUT2D eigenvalue weighted by molar-refractivity contribution is -0.121. The molecule has 0 bridgehead atoms. The fourth-order valence-corrected chi connectivity index (χ4v) is 2.16. The number of hydrogen-bond donors (Lipinski definition) is 1. The van der Waals surface area contributed by atoms with Crippen molar-refractivity contribution in [3.05, 3.63) is 30.3 Å². The highest BCUT2D eigenvalue weighted by atomic mass is 16.2. The van der Waals surface area contributed by atoms with E-state index in [-0.39, 0.29) is 23.7 Å². The molecule has 1 aliphatic rings. The minimum absolute atomic E-state index is 0.128. The van der Waals surface area contributed by atoms with Crippen LogP contribution in [0.25, 0.3) is 0 Å². The van der Waals surface area contributed by atoms with Crippen LogP contribution >= 0.6 is 0 Å². The normalized spacial score (nSPS) is 19.8. The molecule has 1 unspecified atom stereocenters. The van der Waals surface area contributed by atoms with E-state index in [4.69, 9.17) is 0 Å². The molecule has 1 aromatic carbocycles. The first-order chi connectivity index (χ1) is 9.44. The molecule has 0 aliphatic carbocycles. The third-order valence-electron chi connectivity index (χ3n) is 3.95. The number of anilines is 1. The average Bonchev–Trinajstić information content (AvgIpc) is 2.72. The molecule has 2 amide bonds. The maximum absolute atomic E-state index is 12.4. The molecule has 4 nitrogen and oxygen atoms in total. The molecule has 1 N–H and O–H groups in total. The molecule has 1 atom stereocenters. The highest BCUT2D eigenvalue weighted by molar-refractivity contribution is 6.22. The zero-order valence-corrected chi connectivity index (χ0v) is 12.3. The summed E-state index contributed by atoms with van der Waals surface area (Å²) in [6.07, 6.45) is 1.27. The maximum Gasteiger partial charge on any atom is 0.251 e. The summed E-state index contributed by atoms with van der Waals surface area (Å²) in [5.74, 6) is -0.277. The number of nitrogens with one attached hydrogen (secondary N) is 1. The molecule has 1 heterocycles. The minimum atomic E-state index is -0.395. The second kappa shape index (κ2) is 5.75. The Bertz CT molecular complexity index is 496. The number of para-hydroxylation sites is 1. The Kier molecular flexibility index (Phi) is 4.23. The number of carbonyl (C=O) groups excluding carboxylic acids is 2. The first-order valence-electron chi connectivity index (χ1n) is 7.10. The standard InChI is InChI=1S/C16H22N2O2/c1-4-16(2,3)11-17-13-10-14(19)18(15(13)20)12-8-6-5-7-9-12/h5-9,13,17H,4,10-11H2,1-3H3. The van der Waals surface area contributed by atoms with E-state index in [1.54, 1.807) is 12.1 Å². The van der Waals surface area contributed by atoms with Gasteiger partial charge in [0.2, 0.25) is 5.91 Å². The van der Waals surface area contributed by atoms with Crippen molar-refractivity contribution in [1.82, 2.24) is 5.32 Å². The molecule has 0 radical (unpaired) electrons. The molecule has 2 rings (SSSR count). The van der Waals surface area contributed by atoms with Crippen molar-refractivity contribution in [2.75, 3.05) is 11.4 Å². The van der Waals surface area contributed by atoms with Crippen molar-refractivity contribution in [1.29, 1.82) is 0 Å². The van der Waals surface area contributed by atoms with E-state index in [1.807, 2.05) is 18.2 Å². The van der Waals surface area contributed by atoms with Crippen molar-refractivity contribution in [2.24, 2.45) is 5.41 Å². The van der Waals surface area contributed by atoms with Crippen LogP contribution in [-0.2, 0) is 9.59 Å². The maximum atomic E-state index is 12.4. The molecule has 1 fully saturated rings. The van der Waals surface area contributed by atoms with Gasteiger partial charge in [0.05, 0.1) is 18.2 Å². The van der Waals surface area contributed by atoms with Crippen LogP contribution in [0.4, 0.5) is 5.69 Å². The van der Waals surface area contributed by atoms with Crippen LogP contribution in [0.3, 0.4) is 0 Å². The fourth-order valence-electron chi connectivity index (χ4n) is 2.16. The van der Waals surface area contributed by atoms with E-state index in [0.717, 1.165) is 13.0 Å². The molecule has 0 spiro atoms. The van der Waals surface area contributed by atoms with Gasteiger partial charge in [-0.05, 0) is 24.0 Å². The molecule has 4 heteroatoms. The van der Waals surface area contributed by atoms with Crippen molar-refractivity contribution in [3.8, 4) is 0 Å². The number of amides is 2. The van der Waals surface area contributed by atoms with Gasteiger partial charge in [0.15, 0.2) is 0 Å². The molecular weight excluding hydrogens is 252 g/mol. The van der Waals surface area contributed by atoms with Gasteiger partial charge < -0.3 is 5.32 Å². The van der Waals surface area contributed by atoms with Crippen LogP contribution < -0.4 is 10.2 Å². The van der Waals surface area contributed by atoms with E-state index in [1.165, 1.54) is 4.90 Å². The number of benzene rings is 1. The number of hydrogen-bond acceptors (Lipinski definition) is 3. The van der Waals surface area contributed by atoms with Gasteiger partial charge in [-0.1, -0.05) is 39.0 Å². The highest BCUT2D eigenvalue weighted by Crippen LogP contribution is 2.24. The number of imide groups is 1. The largest absolute Gasteiger partial charge is 0.305 e. The van der Waals surface area contributed by atoms with Crippen LogP contribution in [-0.4, -0.2) is 24.4 Å². The van der Waals surface area contributed by atoms with Gasteiger partial charge in [0.25, 0.3) is 5.91 Å². The second-order valence-corrected chi connectivity index (χ2v) is 6.06. The average molecular weight is 274 g/mol. The first-order valence-corrected chi connectivity index (χ1v) is 7.10. The molecule has 108 valence electrons. The molecule has 1 saturated heterocycles. The Balaban J connectivity index is 2.06. The molecular formula is C16H22N2O2. The lowest BCUT2D eigenvalue weighted by Crippen LogP contribution is -2.42. The van der Waals surface area contributed by atoms with Gasteiger partial charge in [-0.15, -0.1) is 0 Å². The highest BCUT2D eigenvalue weighted by Gasteiger charge is 2.39. The summed E-state index contributed by atoms with van der Waals surface area (Å²) >= 11 is 0. The number of nitrogens with zero attached hydrogens (tertiary/aromatic N) is 1. The fraction of sp³-hybridized carbons (Fsp3) is 0.500. The Hall–Kier alpha value is -1.68. The minimum Gasteiger partial charge on any atom is -0.305 e. The molecule has 0 aromatic heterocycles. The van der Waals surface area contributed by atoms with Crippen molar-refractivity contribution in [3.63, 3.8) is 0 Å². The summed E-state index contributed by atoms with van der Waals surface area (Å²) in [6, 6.07) is 8.71. The summed E-state index contributed by atoms with van der Waals surface area (Å²) in [5, 5.41) is 3.24.